The molecule has 3 rings (SSSR count). The molecule has 2 N–H and O–H groups in total. The molecule has 5 nitrogen and oxygen atoms in total. The fourth-order valence-corrected chi connectivity index (χ4v) is 2.98. The van der Waals surface area contributed by atoms with Gasteiger partial charge in [-0.25, -0.2) is 4.79 Å². The van der Waals surface area contributed by atoms with Gasteiger partial charge in [0.2, 0.25) is 0 Å². The zero-order valence-electron chi connectivity index (χ0n) is 13.7. The van der Waals surface area contributed by atoms with Gasteiger partial charge in [-0.2, -0.15) is 0 Å². The summed E-state index contributed by atoms with van der Waals surface area (Å²) in [5.74, 6) is 0. The van der Waals surface area contributed by atoms with E-state index < -0.39 is 0 Å². The molecule has 1 aromatic heterocycles. The molecule has 0 spiro atoms. The van der Waals surface area contributed by atoms with Crippen molar-refractivity contribution in [3.8, 4) is 0 Å². The highest BCUT2D eigenvalue weighted by Crippen LogP contribution is 2.26. The van der Waals surface area contributed by atoms with E-state index in [1.165, 1.54) is 0 Å². The number of carbonyl (C=O) groups excluding carboxylic acids is 1. The number of nitrogens with zero attached hydrogens (tertiary/aromatic N) is 1. The van der Waals surface area contributed by atoms with Gasteiger partial charge in [-0.05, 0) is 42.5 Å². The van der Waals surface area contributed by atoms with Gasteiger partial charge in [0.1, 0.15) is 0 Å². The summed E-state index contributed by atoms with van der Waals surface area (Å²) in [4.78, 5) is 16.3. The van der Waals surface area contributed by atoms with Crippen molar-refractivity contribution in [3.63, 3.8) is 0 Å². The molecule has 0 aliphatic carbocycles. The van der Waals surface area contributed by atoms with Gasteiger partial charge in [-0.3, -0.25) is 4.98 Å². The third-order valence-corrected chi connectivity index (χ3v) is 4.23. The summed E-state index contributed by atoms with van der Waals surface area (Å²) in [6, 6.07) is 13.7. The summed E-state index contributed by atoms with van der Waals surface area (Å²) in [6.45, 7) is 1.35. The SMILES string of the molecule is O=C(NCCc1ccncc1)N[C@H](c1ccccc1)[C@H]1CCCO1. The Kier molecular flexibility index (Phi) is 5.80. The molecule has 2 amide bonds. The number of benzene rings is 1. The molecule has 126 valence electrons. The van der Waals surface area contributed by atoms with E-state index in [1.54, 1.807) is 12.4 Å². The lowest BCUT2D eigenvalue weighted by atomic mass is 9.99. The Morgan fingerprint density at radius 2 is 2.00 bits per heavy atom. The zero-order chi connectivity index (χ0) is 16.6. The Labute approximate surface area is 142 Å². The van der Waals surface area contributed by atoms with Crippen LogP contribution in [0.1, 0.15) is 30.0 Å². The van der Waals surface area contributed by atoms with Crippen LogP contribution in [0.4, 0.5) is 4.79 Å². The van der Waals surface area contributed by atoms with Crippen LogP contribution in [0.25, 0.3) is 0 Å². The molecule has 1 fully saturated rings. The summed E-state index contributed by atoms with van der Waals surface area (Å²) in [5.41, 5.74) is 2.23. The number of urea groups is 1. The molecule has 2 atom stereocenters. The summed E-state index contributed by atoms with van der Waals surface area (Å²) < 4.78 is 5.79. The number of rotatable bonds is 6. The van der Waals surface area contributed by atoms with Gasteiger partial charge in [0.15, 0.2) is 0 Å². The second kappa shape index (κ2) is 8.45. The highest BCUT2D eigenvalue weighted by molar-refractivity contribution is 5.74. The molecular weight excluding hydrogens is 302 g/mol. The first-order chi connectivity index (χ1) is 11.8. The second-order valence-corrected chi connectivity index (χ2v) is 5.95. The standard InChI is InChI=1S/C19H23N3O2/c23-19(21-13-10-15-8-11-20-12-9-15)22-18(17-7-4-14-24-17)16-5-2-1-3-6-16/h1-3,5-6,8-9,11-12,17-18H,4,7,10,13-14H2,(H2,21,22,23)/t17-,18-/m1/s1. The van der Waals surface area contributed by atoms with E-state index in [0.29, 0.717) is 6.54 Å². The Balaban J connectivity index is 1.55. The van der Waals surface area contributed by atoms with Crippen molar-refractivity contribution in [2.24, 2.45) is 0 Å². The van der Waals surface area contributed by atoms with Gasteiger partial charge in [0, 0.05) is 25.5 Å². The van der Waals surface area contributed by atoms with Crippen LogP contribution in [0.15, 0.2) is 54.9 Å². The average molecular weight is 325 g/mol. The van der Waals surface area contributed by atoms with Gasteiger partial charge in [0.05, 0.1) is 12.1 Å². The molecule has 1 aliphatic heterocycles. The number of hydrogen-bond donors (Lipinski definition) is 2. The average Bonchev–Trinajstić information content (AvgIpc) is 3.16. The van der Waals surface area contributed by atoms with E-state index in [9.17, 15) is 4.79 Å². The highest BCUT2D eigenvalue weighted by atomic mass is 16.5. The van der Waals surface area contributed by atoms with Crippen molar-refractivity contribution in [3.05, 3.63) is 66.0 Å². The summed E-state index contributed by atoms with van der Waals surface area (Å²) in [5, 5.41) is 6.00. The molecule has 5 heteroatoms. The van der Waals surface area contributed by atoms with Crippen molar-refractivity contribution in [1.82, 2.24) is 15.6 Å². The molecule has 1 aromatic carbocycles. The molecule has 1 saturated heterocycles. The van der Waals surface area contributed by atoms with Gasteiger partial charge < -0.3 is 15.4 Å². The van der Waals surface area contributed by atoms with E-state index in [-0.39, 0.29) is 18.2 Å². The van der Waals surface area contributed by atoms with E-state index in [2.05, 4.69) is 15.6 Å². The molecule has 2 heterocycles. The lowest BCUT2D eigenvalue weighted by Gasteiger charge is -2.25. The number of carbonyl (C=O) groups is 1. The zero-order valence-corrected chi connectivity index (χ0v) is 13.7. The fraction of sp³-hybridized carbons (Fsp3) is 0.368. The van der Waals surface area contributed by atoms with E-state index in [1.807, 2.05) is 42.5 Å². The van der Waals surface area contributed by atoms with Gasteiger partial charge in [-0.1, -0.05) is 30.3 Å². The molecule has 1 aliphatic rings. The predicted molar refractivity (Wildman–Crippen MR) is 92.6 cm³/mol. The minimum Gasteiger partial charge on any atom is -0.376 e. The third-order valence-electron chi connectivity index (χ3n) is 4.23. The predicted octanol–water partition coefficient (Wildman–Crippen LogP) is 2.84. The number of hydrogen-bond acceptors (Lipinski definition) is 3. The monoisotopic (exact) mass is 325 g/mol. The lowest BCUT2D eigenvalue weighted by Crippen LogP contribution is -2.42. The Morgan fingerprint density at radius 3 is 2.71 bits per heavy atom. The van der Waals surface area contributed by atoms with Crippen LogP contribution in [-0.2, 0) is 11.2 Å². The first-order valence-electron chi connectivity index (χ1n) is 8.43. The molecular formula is C19H23N3O2. The molecule has 24 heavy (non-hydrogen) atoms. The van der Waals surface area contributed by atoms with Crippen LogP contribution < -0.4 is 10.6 Å². The Bertz CT molecular complexity index is 628. The molecule has 0 bridgehead atoms. The molecule has 0 saturated carbocycles. The highest BCUT2D eigenvalue weighted by Gasteiger charge is 2.28. The third kappa shape index (κ3) is 4.55. The van der Waals surface area contributed by atoms with Crippen LogP contribution in [0.5, 0.6) is 0 Å². The smallest absolute Gasteiger partial charge is 0.315 e. The summed E-state index contributed by atoms with van der Waals surface area (Å²) in [6.07, 6.45) is 6.36. The number of pyridine rings is 1. The van der Waals surface area contributed by atoms with Crippen molar-refractivity contribution >= 4 is 6.03 Å². The Hall–Kier alpha value is -2.40. The van der Waals surface area contributed by atoms with Crippen LogP contribution in [0, 0.1) is 0 Å². The van der Waals surface area contributed by atoms with Crippen LogP contribution in [0.2, 0.25) is 0 Å². The lowest BCUT2D eigenvalue weighted by molar-refractivity contribution is 0.0807. The van der Waals surface area contributed by atoms with Crippen LogP contribution in [-0.4, -0.2) is 30.3 Å². The van der Waals surface area contributed by atoms with E-state index in [4.69, 9.17) is 4.74 Å². The molecule has 2 aromatic rings. The van der Waals surface area contributed by atoms with Gasteiger partial charge in [0.25, 0.3) is 0 Å². The van der Waals surface area contributed by atoms with Crippen molar-refractivity contribution in [2.75, 3.05) is 13.2 Å². The number of amides is 2. The van der Waals surface area contributed by atoms with Crippen LogP contribution >= 0.6 is 0 Å². The normalized spacial score (nSPS) is 18.1. The Morgan fingerprint density at radius 1 is 1.21 bits per heavy atom. The van der Waals surface area contributed by atoms with Crippen LogP contribution in [0.3, 0.4) is 0 Å². The van der Waals surface area contributed by atoms with Crippen molar-refractivity contribution in [2.45, 2.75) is 31.4 Å². The number of aromatic nitrogens is 1. The first-order valence-corrected chi connectivity index (χ1v) is 8.43. The van der Waals surface area contributed by atoms with E-state index >= 15 is 0 Å². The quantitative estimate of drug-likeness (QED) is 0.858. The maximum atomic E-state index is 12.3. The molecule has 0 radical (unpaired) electrons. The summed E-state index contributed by atoms with van der Waals surface area (Å²) in [7, 11) is 0. The first kappa shape index (κ1) is 16.5. The number of nitrogens with one attached hydrogen (secondary N) is 2. The maximum Gasteiger partial charge on any atom is 0.315 e. The van der Waals surface area contributed by atoms with Gasteiger partial charge in [-0.15, -0.1) is 0 Å². The summed E-state index contributed by atoms with van der Waals surface area (Å²) >= 11 is 0. The van der Waals surface area contributed by atoms with Crippen molar-refractivity contribution < 1.29 is 9.53 Å². The van der Waals surface area contributed by atoms with Gasteiger partial charge >= 0.3 is 6.03 Å². The van der Waals surface area contributed by atoms with E-state index in [0.717, 1.165) is 37.0 Å². The fourth-order valence-electron chi connectivity index (χ4n) is 2.98. The minimum absolute atomic E-state index is 0.0401. The minimum atomic E-state index is -0.159. The van der Waals surface area contributed by atoms with Crippen molar-refractivity contribution in [1.29, 1.82) is 0 Å². The topological polar surface area (TPSA) is 63.2 Å². The largest absolute Gasteiger partial charge is 0.376 e. The maximum absolute atomic E-state index is 12.3. The number of ether oxygens (including phenoxy) is 1. The molecule has 0 unspecified atom stereocenters. The second-order valence-electron chi connectivity index (χ2n) is 5.95.